The predicted octanol–water partition coefficient (Wildman–Crippen LogP) is 1.28. The average molecular weight is 228 g/mol. The Hall–Kier alpha value is -0.770. The Balaban J connectivity index is 3.93. The molecule has 0 bridgehead atoms. The summed E-state index contributed by atoms with van der Waals surface area (Å²) in [4.78, 5) is 6.66. The van der Waals surface area contributed by atoms with Gasteiger partial charge >= 0.3 is 0 Å². The highest BCUT2D eigenvalue weighted by atomic mass is 15.2. The van der Waals surface area contributed by atoms with Gasteiger partial charge in [-0.05, 0) is 25.9 Å². The monoisotopic (exact) mass is 228 g/mol. The van der Waals surface area contributed by atoms with Gasteiger partial charge in [0, 0.05) is 19.1 Å². The smallest absolute Gasteiger partial charge is 0.188 e. The van der Waals surface area contributed by atoms with Crippen molar-refractivity contribution >= 4 is 5.96 Å². The number of guanidine groups is 1. The van der Waals surface area contributed by atoms with E-state index in [1.165, 1.54) is 0 Å². The first-order valence-corrected chi connectivity index (χ1v) is 6.28. The lowest BCUT2D eigenvalue weighted by atomic mass is 10.2. The molecule has 4 nitrogen and oxygen atoms in total. The zero-order valence-corrected chi connectivity index (χ0v) is 11.5. The van der Waals surface area contributed by atoms with Crippen LogP contribution in [0.25, 0.3) is 0 Å². The largest absolute Gasteiger partial charge is 0.370 e. The van der Waals surface area contributed by atoms with Crippen LogP contribution in [0.2, 0.25) is 0 Å². The fourth-order valence-corrected chi connectivity index (χ4v) is 1.49. The Kier molecular flexibility index (Phi) is 7.99. The number of nitrogens with two attached hydrogens (primary N) is 1. The van der Waals surface area contributed by atoms with Crippen LogP contribution in [-0.4, -0.2) is 43.1 Å². The van der Waals surface area contributed by atoms with Crippen LogP contribution in [0.3, 0.4) is 0 Å². The van der Waals surface area contributed by atoms with E-state index in [2.05, 4.69) is 49.8 Å². The van der Waals surface area contributed by atoms with Crippen molar-refractivity contribution in [3.05, 3.63) is 0 Å². The summed E-state index contributed by atoms with van der Waals surface area (Å²) in [6, 6.07) is 0.343. The van der Waals surface area contributed by atoms with Crippen LogP contribution >= 0.6 is 0 Å². The average Bonchev–Trinajstić information content (AvgIpc) is 2.23. The van der Waals surface area contributed by atoms with E-state index in [1.807, 2.05) is 0 Å². The van der Waals surface area contributed by atoms with E-state index < -0.39 is 0 Å². The van der Waals surface area contributed by atoms with Gasteiger partial charge in [0.05, 0.1) is 0 Å². The number of hydrogen-bond donors (Lipinski definition) is 2. The minimum atomic E-state index is 0.343. The Bertz CT molecular complexity index is 197. The molecule has 0 aromatic heterocycles. The van der Waals surface area contributed by atoms with E-state index in [0.29, 0.717) is 17.9 Å². The molecule has 96 valence electrons. The molecular formula is C12H28N4. The topological polar surface area (TPSA) is 53.6 Å². The molecule has 4 heteroatoms. The normalized spacial score (nSPS) is 14.6. The molecule has 0 radical (unpaired) electrons. The molecule has 1 unspecified atom stereocenters. The molecule has 0 aliphatic rings. The molecule has 0 heterocycles. The van der Waals surface area contributed by atoms with Crippen LogP contribution in [0.1, 0.15) is 34.6 Å². The van der Waals surface area contributed by atoms with Crippen molar-refractivity contribution in [2.75, 3.05) is 26.2 Å². The molecule has 0 aromatic carbocycles. The maximum absolute atomic E-state index is 5.80. The summed E-state index contributed by atoms with van der Waals surface area (Å²) in [7, 11) is 0. The van der Waals surface area contributed by atoms with Crippen LogP contribution in [0.5, 0.6) is 0 Å². The summed E-state index contributed by atoms with van der Waals surface area (Å²) >= 11 is 0. The number of likely N-dealkylation sites (N-methyl/N-ethyl adjacent to an activating group) is 1. The third-order valence-electron chi connectivity index (χ3n) is 2.45. The Morgan fingerprint density at radius 2 is 1.81 bits per heavy atom. The summed E-state index contributed by atoms with van der Waals surface area (Å²) in [6.45, 7) is 14.7. The molecule has 0 fully saturated rings. The fraction of sp³-hybridized carbons (Fsp3) is 0.917. The first-order valence-electron chi connectivity index (χ1n) is 6.28. The van der Waals surface area contributed by atoms with E-state index >= 15 is 0 Å². The second-order valence-electron chi connectivity index (χ2n) is 4.65. The van der Waals surface area contributed by atoms with Gasteiger partial charge in [-0.3, -0.25) is 4.99 Å². The van der Waals surface area contributed by atoms with Gasteiger partial charge in [-0.2, -0.15) is 0 Å². The highest BCUT2D eigenvalue weighted by Crippen LogP contribution is 1.93. The van der Waals surface area contributed by atoms with Crippen molar-refractivity contribution in [2.45, 2.75) is 40.7 Å². The van der Waals surface area contributed by atoms with Gasteiger partial charge in [-0.1, -0.05) is 27.7 Å². The predicted molar refractivity (Wildman–Crippen MR) is 71.7 cm³/mol. The van der Waals surface area contributed by atoms with Crippen LogP contribution in [0.4, 0.5) is 0 Å². The Morgan fingerprint density at radius 3 is 2.25 bits per heavy atom. The van der Waals surface area contributed by atoms with E-state index in [4.69, 9.17) is 5.73 Å². The van der Waals surface area contributed by atoms with Crippen molar-refractivity contribution in [3.63, 3.8) is 0 Å². The van der Waals surface area contributed by atoms with Gasteiger partial charge in [-0.25, -0.2) is 0 Å². The lowest BCUT2D eigenvalue weighted by Gasteiger charge is -2.23. The molecule has 0 aromatic rings. The van der Waals surface area contributed by atoms with Gasteiger partial charge in [0.1, 0.15) is 0 Å². The minimum Gasteiger partial charge on any atom is -0.370 e. The standard InChI is InChI=1S/C12H28N4/c1-6-16(7-2)9-11(5)15-12(13)14-8-10(3)4/h10-11H,6-9H2,1-5H3,(H3,13,14,15). The summed E-state index contributed by atoms with van der Waals surface area (Å²) in [5.74, 6) is 1.12. The lowest BCUT2D eigenvalue weighted by Crippen LogP contribution is -2.45. The van der Waals surface area contributed by atoms with Crippen LogP contribution in [-0.2, 0) is 0 Å². The first kappa shape index (κ1) is 15.2. The highest BCUT2D eigenvalue weighted by Gasteiger charge is 2.07. The van der Waals surface area contributed by atoms with Crippen molar-refractivity contribution in [3.8, 4) is 0 Å². The van der Waals surface area contributed by atoms with E-state index in [0.717, 1.165) is 26.2 Å². The number of nitrogens with zero attached hydrogens (tertiary/aromatic N) is 2. The SMILES string of the molecule is CCN(CC)CC(C)NC(N)=NCC(C)C. The number of hydrogen-bond acceptors (Lipinski definition) is 2. The lowest BCUT2D eigenvalue weighted by molar-refractivity contribution is 0.281. The second kappa shape index (κ2) is 8.39. The van der Waals surface area contributed by atoms with E-state index in [-0.39, 0.29) is 0 Å². The maximum atomic E-state index is 5.80. The van der Waals surface area contributed by atoms with Gasteiger partial charge in [0.15, 0.2) is 5.96 Å². The second-order valence-corrected chi connectivity index (χ2v) is 4.65. The van der Waals surface area contributed by atoms with Crippen molar-refractivity contribution in [1.29, 1.82) is 0 Å². The number of aliphatic imine (C=N–C) groups is 1. The van der Waals surface area contributed by atoms with Gasteiger partial charge in [0.25, 0.3) is 0 Å². The van der Waals surface area contributed by atoms with Crippen molar-refractivity contribution in [1.82, 2.24) is 10.2 Å². The molecule has 0 spiro atoms. The molecule has 0 aliphatic carbocycles. The fourth-order valence-electron chi connectivity index (χ4n) is 1.49. The Morgan fingerprint density at radius 1 is 1.25 bits per heavy atom. The van der Waals surface area contributed by atoms with Crippen LogP contribution in [0.15, 0.2) is 4.99 Å². The van der Waals surface area contributed by atoms with Crippen molar-refractivity contribution in [2.24, 2.45) is 16.6 Å². The first-order chi connectivity index (χ1) is 7.49. The van der Waals surface area contributed by atoms with Gasteiger partial charge in [0.2, 0.25) is 0 Å². The summed E-state index contributed by atoms with van der Waals surface area (Å²) in [6.07, 6.45) is 0. The quantitative estimate of drug-likeness (QED) is 0.510. The zero-order chi connectivity index (χ0) is 12.6. The molecule has 1 atom stereocenters. The maximum Gasteiger partial charge on any atom is 0.188 e. The minimum absolute atomic E-state index is 0.343. The molecule has 0 rings (SSSR count). The zero-order valence-electron chi connectivity index (χ0n) is 11.5. The molecule has 16 heavy (non-hydrogen) atoms. The molecule has 0 saturated heterocycles. The molecule has 0 aliphatic heterocycles. The number of rotatable bonds is 7. The van der Waals surface area contributed by atoms with E-state index in [1.54, 1.807) is 0 Å². The van der Waals surface area contributed by atoms with E-state index in [9.17, 15) is 0 Å². The van der Waals surface area contributed by atoms with Crippen LogP contribution < -0.4 is 11.1 Å². The third-order valence-corrected chi connectivity index (χ3v) is 2.45. The molecular weight excluding hydrogens is 200 g/mol. The molecule has 0 saturated carbocycles. The Labute approximate surface area is 100 Å². The van der Waals surface area contributed by atoms with Gasteiger partial charge in [-0.15, -0.1) is 0 Å². The van der Waals surface area contributed by atoms with Crippen molar-refractivity contribution < 1.29 is 0 Å². The molecule has 3 N–H and O–H groups in total. The summed E-state index contributed by atoms with van der Waals surface area (Å²) < 4.78 is 0. The highest BCUT2D eigenvalue weighted by molar-refractivity contribution is 5.78. The molecule has 0 amide bonds. The summed E-state index contributed by atoms with van der Waals surface area (Å²) in [5, 5.41) is 3.22. The number of nitrogens with one attached hydrogen (secondary N) is 1. The van der Waals surface area contributed by atoms with Crippen LogP contribution in [0, 0.1) is 5.92 Å². The van der Waals surface area contributed by atoms with Gasteiger partial charge < -0.3 is 16.0 Å². The summed E-state index contributed by atoms with van der Waals surface area (Å²) in [5.41, 5.74) is 5.80. The third kappa shape index (κ3) is 7.51.